The fraction of sp³-hybridized carbons (Fsp3) is 0.167. The third-order valence-electron chi connectivity index (χ3n) is 4.63. The third-order valence-corrected chi connectivity index (χ3v) is 6.01. The summed E-state index contributed by atoms with van der Waals surface area (Å²) in [7, 11) is 0. The molecule has 0 aliphatic carbocycles. The predicted molar refractivity (Wildman–Crippen MR) is 131 cm³/mol. The van der Waals surface area contributed by atoms with Crippen molar-refractivity contribution in [2.45, 2.75) is 19.8 Å². The molecular formula is C24H22FN3O3S2. The van der Waals surface area contributed by atoms with E-state index >= 15 is 0 Å². The molecule has 170 valence electrons. The number of allylic oxidation sites excluding steroid dienone is 2. The van der Waals surface area contributed by atoms with E-state index in [2.05, 4.69) is 10.9 Å². The van der Waals surface area contributed by atoms with Gasteiger partial charge in [0.15, 0.2) is 0 Å². The van der Waals surface area contributed by atoms with Gasteiger partial charge >= 0.3 is 0 Å². The van der Waals surface area contributed by atoms with Crippen LogP contribution >= 0.6 is 24.0 Å². The second-order valence-electron chi connectivity index (χ2n) is 7.25. The summed E-state index contributed by atoms with van der Waals surface area (Å²) in [5, 5.41) is 0. The highest BCUT2D eigenvalue weighted by molar-refractivity contribution is 8.26. The Hall–Kier alpha value is -3.30. The molecule has 3 rings (SSSR count). The van der Waals surface area contributed by atoms with Crippen molar-refractivity contribution < 1.29 is 18.8 Å². The number of thioether (sulfide) groups is 1. The number of hydrazine groups is 1. The third kappa shape index (κ3) is 7.10. The van der Waals surface area contributed by atoms with Crippen LogP contribution in [0, 0.1) is 5.82 Å². The van der Waals surface area contributed by atoms with Crippen LogP contribution in [-0.4, -0.2) is 33.5 Å². The van der Waals surface area contributed by atoms with E-state index in [0.717, 1.165) is 23.3 Å². The molecule has 0 spiro atoms. The molecule has 0 atom stereocenters. The number of nitrogens with one attached hydrogen (secondary N) is 2. The Labute approximate surface area is 200 Å². The Balaban J connectivity index is 1.46. The van der Waals surface area contributed by atoms with E-state index in [1.165, 1.54) is 28.8 Å². The van der Waals surface area contributed by atoms with E-state index in [-0.39, 0.29) is 17.9 Å². The van der Waals surface area contributed by atoms with Crippen molar-refractivity contribution in [1.29, 1.82) is 0 Å². The number of hydrogen-bond donors (Lipinski definition) is 2. The lowest BCUT2D eigenvalue weighted by Crippen LogP contribution is -2.41. The molecule has 6 nitrogen and oxygen atoms in total. The maximum atomic E-state index is 12.9. The lowest BCUT2D eigenvalue weighted by atomic mass is 10.1. The monoisotopic (exact) mass is 483 g/mol. The molecule has 0 radical (unpaired) electrons. The summed E-state index contributed by atoms with van der Waals surface area (Å²) in [4.78, 5) is 38.7. The number of nitrogens with zero attached hydrogens (tertiary/aromatic N) is 1. The minimum absolute atomic E-state index is 0.0900. The second kappa shape index (κ2) is 11.5. The number of thiocarbonyl (C=S) groups is 1. The lowest BCUT2D eigenvalue weighted by molar-refractivity contribution is -0.124. The molecule has 2 aromatic carbocycles. The van der Waals surface area contributed by atoms with Gasteiger partial charge in [0.25, 0.3) is 11.8 Å². The Morgan fingerprint density at radius 1 is 1.09 bits per heavy atom. The molecule has 1 aliphatic rings. The Morgan fingerprint density at radius 2 is 1.79 bits per heavy atom. The van der Waals surface area contributed by atoms with Gasteiger partial charge in [-0.05, 0) is 54.8 Å². The van der Waals surface area contributed by atoms with Crippen LogP contribution in [0.2, 0.25) is 0 Å². The van der Waals surface area contributed by atoms with Crippen LogP contribution in [0.5, 0.6) is 0 Å². The van der Waals surface area contributed by atoms with E-state index in [4.69, 9.17) is 12.2 Å². The first kappa shape index (κ1) is 24.3. The number of carbonyl (C=O) groups excluding carboxylic acids is 3. The molecular weight excluding hydrogens is 461 g/mol. The first-order chi connectivity index (χ1) is 15.8. The highest BCUT2D eigenvalue weighted by Crippen LogP contribution is 2.32. The highest BCUT2D eigenvalue weighted by atomic mass is 32.2. The highest BCUT2D eigenvalue weighted by Gasteiger charge is 2.31. The number of hydrogen-bond acceptors (Lipinski definition) is 5. The van der Waals surface area contributed by atoms with Gasteiger partial charge in [-0.25, -0.2) is 4.39 Å². The summed E-state index contributed by atoms with van der Waals surface area (Å²) < 4.78 is 13.4. The normalized spacial score (nSPS) is 15.2. The van der Waals surface area contributed by atoms with E-state index in [1.807, 2.05) is 49.4 Å². The SMILES string of the molecule is CC(=Cc1ccccc1)C=C1SC(=S)N(CCCC(=O)NNC(=O)c2ccc(F)cc2)C1=O. The lowest BCUT2D eigenvalue weighted by Gasteiger charge is -2.14. The van der Waals surface area contributed by atoms with Crippen LogP contribution in [0.15, 0.2) is 71.2 Å². The maximum Gasteiger partial charge on any atom is 0.269 e. The molecule has 2 N–H and O–H groups in total. The molecule has 1 heterocycles. The van der Waals surface area contributed by atoms with Crippen molar-refractivity contribution in [1.82, 2.24) is 15.8 Å². The minimum atomic E-state index is -0.552. The molecule has 1 fully saturated rings. The van der Waals surface area contributed by atoms with Crippen molar-refractivity contribution in [2.75, 3.05) is 6.54 Å². The number of benzene rings is 2. The molecule has 3 amide bonds. The second-order valence-corrected chi connectivity index (χ2v) is 8.92. The summed E-state index contributed by atoms with van der Waals surface area (Å²) in [6.07, 6.45) is 4.25. The van der Waals surface area contributed by atoms with Crippen molar-refractivity contribution in [3.63, 3.8) is 0 Å². The van der Waals surface area contributed by atoms with E-state index in [0.29, 0.717) is 22.2 Å². The minimum Gasteiger partial charge on any atom is -0.293 e. The Kier molecular flexibility index (Phi) is 8.51. The van der Waals surface area contributed by atoms with Gasteiger partial charge in [-0.2, -0.15) is 0 Å². The van der Waals surface area contributed by atoms with Gasteiger partial charge < -0.3 is 0 Å². The smallest absolute Gasteiger partial charge is 0.269 e. The molecule has 1 saturated heterocycles. The van der Waals surface area contributed by atoms with Gasteiger partial charge in [0, 0.05) is 18.5 Å². The largest absolute Gasteiger partial charge is 0.293 e. The summed E-state index contributed by atoms with van der Waals surface area (Å²) in [5.74, 6) is -1.60. The van der Waals surface area contributed by atoms with Gasteiger partial charge in [-0.3, -0.25) is 30.1 Å². The summed E-state index contributed by atoms with van der Waals surface area (Å²) in [6, 6.07) is 14.8. The average molecular weight is 484 g/mol. The van der Waals surface area contributed by atoms with E-state index < -0.39 is 17.6 Å². The van der Waals surface area contributed by atoms with Crippen LogP contribution in [0.4, 0.5) is 4.39 Å². The number of carbonyl (C=O) groups is 3. The van der Waals surface area contributed by atoms with Crippen LogP contribution in [-0.2, 0) is 9.59 Å². The quantitative estimate of drug-likeness (QED) is 0.350. The zero-order valence-electron chi connectivity index (χ0n) is 17.8. The van der Waals surface area contributed by atoms with Crippen LogP contribution in [0.3, 0.4) is 0 Å². The predicted octanol–water partition coefficient (Wildman–Crippen LogP) is 4.21. The summed E-state index contributed by atoms with van der Waals surface area (Å²) in [5.41, 5.74) is 6.77. The van der Waals surface area contributed by atoms with Crippen molar-refractivity contribution >= 4 is 52.1 Å². The number of halogens is 1. The molecule has 9 heteroatoms. The Bertz CT molecular complexity index is 1120. The fourth-order valence-electron chi connectivity index (χ4n) is 3.01. The van der Waals surface area contributed by atoms with Gasteiger partial charge in [0.2, 0.25) is 5.91 Å². The van der Waals surface area contributed by atoms with Gasteiger partial charge in [0.05, 0.1) is 4.91 Å². The average Bonchev–Trinajstić information content (AvgIpc) is 3.05. The van der Waals surface area contributed by atoms with Crippen LogP contribution in [0.25, 0.3) is 6.08 Å². The summed E-state index contributed by atoms with van der Waals surface area (Å²) in [6.45, 7) is 2.22. The van der Waals surface area contributed by atoms with Crippen molar-refractivity contribution in [2.24, 2.45) is 0 Å². The zero-order valence-corrected chi connectivity index (χ0v) is 19.5. The molecule has 2 aromatic rings. The van der Waals surface area contributed by atoms with Gasteiger partial charge in [0.1, 0.15) is 10.1 Å². The zero-order chi connectivity index (χ0) is 23.8. The van der Waals surface area contributed by atoms with E-state index in [9.17, 15) is 18.8 Å². The standard InChI is InChI=1S/C24H22FN3O3S2/c1-16(14-17-6-3-2-4-7-17)15-20-23(31)28(24(32)33-20)13-5-8-21(29)26-27-22(30)18-9-11-19(25)12-10-18/h2-4,6-7,9-12,14-15H,5,8,13H2,1H3,(H,26,29)(H,27,30). The van der Waals surface area contributed by atoms with Gasteiger partial charge in [-0.1, -0.05) is 60.4 Å². The number of amides is 3. The molecule has 0 unspecified atom stereocenters. The molecule has 1 aliphatic heterocycles. The summed E-state index contributed by atoms with van der Waals surface area (Å²) >= 11 is 6.56. The number of rotatable bonds is 7. The van der Waals surface area contributed by atoms with Gasteiger partial charge in [-0.15, -0.1) is 0 Å². The topological polar surface area (TPSA) is 78.5 Å². The van der Waals surface area contributed by atoms with Crippen molar-refractivity contribution in [3.8, 4) is 0 Å². The molecule has 0 saturated carbocycles. The molecule has 0 bridgehead atoms. The first-order valence-electron chi connectivity index (χ1n) is 10.2. The maximum absolute atomic E-state index is 12.9. The van der Waals surface area contributed by atoms with E-state index in [1.54, 1.807) is 0 Å². The fourth-order valence-corrected chi connectivity index (χ4v) is 4.37. The van der Waals surface area contributed by atoms with Crippen LogP contribution < -0.4 is 10.9 Å². The van der Waals surface area contributed by atoms with Crippen LogP contribution in [0.1, 0.15) is 35.7 Å². The first-order valence-corrected chi connectivity index (χ1v) is 11.4. The van der Waals surface area contributed by atoms with Crippen molar-refractivity contribution in [3.05, 3.63) is 88.1 Å². The Morgan fingerprint density at radius 3 is 2.48 bits per heavy atom. The molecule has 0 aromatic heterocycles. The molecule has 33 heavy (non-hydrogen) atoms.